The highest BCUT2D eigenvalue weighted by atomic mass is 16.3. The summed E-state index contributed by atoms with van der Waals surface area (Å²) >= 11 is 0. The van der Waals surface area contributed by atoms with Crippen LogP contribution in [0.3, 0.4) is 0 Å². The standard InChI is InChI=1S/C56H32O/c1-2-10-40-31-51-50(28-39(40)9-1)56-49(45-25-23-38-21-20-35-12-7-13-36-24-27-46(45)55(38)53(35)36)30-42(32-52(56)57-51)33-16-18-37(19-17-33)54-44-15-6-4-11-41(44)29-48-43-14-5-3-8-34(43)22-26-47(48)54/h1-32H. The van der Waals surface area contributed by atoms with Gasteiger partial charge in [0.05, 0.1) is 0 Å². The summed E-state index contributed by atoms with van der Waals surface area (Å²) in [6, 6.07) is 71.7. The second-order valence-corrected chi connectivity index (χ2v) is 15.6. The largest absolute Gasteiger partial charge is 0.456 e. The van der Waals surface area contributed by atoms with Crippen molar-refractivity contribution in [3.05, 3.63) is 194 Å². The lowest BCUT2D eigenvalue weighted by molar-refractivity contribution is 0.669. The molecule has 1 heterocycles. The average Bonchev–Trinajstić information content (AvgIpc) is 3.63. The van der Waals surface area contributed by atoms with Crippen LogP contribution in [0, 0.1) is 0 Å². The van der Waals surface area contributed by atoms with E-state index in [2.05, 4.69) is 194 Å². The molecule has 13 aromatic rings. The first-order valence-electron chi connectivity index (χ1n) is 19.7. The summed E-state index contributed by atoms with van der Waals surface area (Å²) < 4.78 is 6.83. The summed E-state index contributed by atoms with van der Waals surface area (Å²) in [5, 5.41) is 20.0. The highest BCUT2D eigenvalue weighted by Crippen LogP contribution is 2.46. The van der Waals surface area contributed by atoms with E-state index in [1.165, 1.54) is 97.7 Å². The summed E-state index contributed by atoms with van der Waals surface area (Å²) in [7, 11) is 0. The van der Waals surface area contributed by atoms with E-state index in [4.69, 9.17) is 4.42 Å². The molecule has 1 aromatic heterocycles. The monoisotopic (exact) mass is 720 g/mol. The van der Waals surface area contributed by atoms with Crippen LogP contribution in [-0.2, 0) is 0 Å². The minimum Gasteiger partial charge on any atom is -0.456 e. The fourth-order valence-corrected chi connectivity index (χ4v) is 9.90. The van der Waals surface area contributed by atoms with Gasteiger partial charge in [0, 0.05) is 10.8 Å². The highest BCUT2D eigenvalue weighted by Gasteiger charge is 2.20. The molecular formula is C56H32O. The molecule has 0 N–H and O–H groups in total. The Hall–Kier alpha value is -7.48. The zero-order chi connectivity index (χ0) is 37.2. The molecule has 0 bridgehead atoms. The Bertz CT molecular complexity index is 3770. The number of hydrogen-bond acceptors (Lipinski definition) is 1. The predicted molar refractivity (Wildman–Crippen MR) is 244 cm³/mol. The van der Waals surface area contributed by atoms with Crippen molar-refractivity contribution >= 4 is 97.3 Å². The summed E-state index contributed by atoms with van der Waals surface area (Å²) in [5.74, 6) is 0. The van der Waals surface area contributed by atoms with E-state index in [0.29, 0.717) is 0 Å². The van der Waals surface area contributed by atoms with Gasteiger partial charge in [-0.05, 0) is 139 Å². The molecule has 0 amide bonds. The van der Waals surface area contributed by atoms with Crippen LogP contribution >= 0.6 is 0 Å². The molecule has 0 aliphatic carbocycles. The fourth-order valence-electron chi connectivity index (χ4n) is 9.90. The first-order chi connectivity index (χ1) is 28.2. The molecule has 0 radical (unpaired) electrons. The van der Waals surface area contributed by atoms with Gasteiger partial charge < -0.3 is 4.42 Å². The molecule has 0 fully saturated rings. The van der Waals surface area contributed by atoms with Gasteiger partial charge in [0.25, 0.3) is 0 Å². The van der Waals surface area contributed by atoms with Crippen LogP contribution in [0.1, 0.15) is 0 Å². The third-order valence-corrected chi connectivity index (χ3v) is 12.5. The van der Waals surface area contributed by atoms with Crippen LogP contribution in [0.25, 0.3) is 131 Å². The second-order valence-electron chi connectivity index (χ2n) is 15.6. The van der Waals surface area contributed by atoms with Crippen molar-refractivity contribution in [2.75, 3.05) is 0 Å². The maximum atomic E-state index is 6.83. The lowest BCUT2D eigenvalue weighted by Crippen LogP contribution is -1.89. The maximum absolute atomic E-state index is 6.83. The van der Waals surface area contributed by atoms with Crippen molar-refractivity contribution in [3.8, 4) is 33.4 Å². The smallest absolute Gasteiger partial charge is 0.136 e. The van der Waals surface area contributed by atoms with Crippen molar-refractivity contribution in [2.45, 2.75) is 0 Å². The van der Waals surface area contributed by atoms with Gasteiger partial charge in [-0.1, -0.05) is 164 Å². The number of hydrogen-bond donors (Lipinski definition) is 0. The lowest BCUT2D eigenvalue weighted by Gasteiger charge is -2.16. The minimum absolute atomic E-state index is 0.898. The molecule has 0 aliphatic heterocycles. The summed E-state index contributed by atoms with van der Waals surface area (Å²) in [4.78, 5) is 0. The van der Waals surface area contributed by atoms with E-state index < -0.39 is 0 Å². The van der Waals surface area contributed by atoms with Gasteiger partial charge in [0.1, 0.15) is 11.2 Å². The molecule has 262 valence electrons. The molecule has 0 unspecified atom stereocenters. The first kappa shape index (κ1) is 30.8. The Morgan fingerprint density at radius 1 is 0.246 bits per heavy atom. The molecule has 57 heavy (non-hydrogen) atoms. The normalized spacial score (nSPS) is 12.2. The van der Waals surface area contributed by atoms with E-state index >= 15 is 0 Å². The van der Waals surface area contributed by atoms with Crippen molar-refractivity contribution < 1.29 is 4.42 Å². The Morgan fingerprint density at radius 3 is 1.67 bits per heavy atom. The Morgan fingerprint density at radius 2 is 0.842 bits per heavy atom. The molecule has 0 spiro atoms. The van der Waals surface area contributed by atoms with Crippen LogP contribution in [0.4, 0.5) is 0 Å². The number of benzene rings is 12. The Kier molecular flexibility index (Phi) is 6.23. The van der Waals surface area contributed by atoms with Gasteiger partial charge in [0.15, 0.2) is 0 Å². The van der Waals surface area contributed by atoms with Crippen LogP contribution in [-0.4, -0.2) is 0 Å². The Labute approximate surface area is 328 Å². The van der Waals surface area contributed by atoms with E-state index in [-0.39, 0.29) is 0 Å². The fraction of sp³-hybridized carbons (Fsp3) is 0. The van der Waals surface area contributed by atoms with E-state index in [0.717, 1.165) is 33.1 Å². The van der Waals surface area contributed by atoms with Gasteiger partial charge in [-0.25, -0.2) is 0 Å². The van der Waals surface area contributed by atoms with Crippen molar-refractivity contribution in [3.63, 3.8) is 0 Å². The molecule has 1 heteroatoms. The maximum Gasteiger partial charge on any atom is 0.136 e. The molecule has 1 nitrogen and oxygen atoms in total. The second kappa shape index (κ2) is 11.5. The first-order valence-corrected chi connectivity index (χ1v) is 19.7. The lowest BCUT2D eigenvalue weighted by atomic mass is 9.87. The van der Waals surface area contributed by atoms with Gasteiger partial charge in [-0.3, -0.25) is 0 Å². The number of rotatable bonds is 3. The third kappa shape index (κ3) is 4.46. The molecule has 12 aromatic carbocycles. The van der Waals surface area contributed by atoms with Crippen molar-refractivity contribution in [2.24, 2.45) is 0 Å². The summed E-state index contributed by atoms with van der Waals surface area (Å²) in [6.45, 7) is 0. The highest BCUT2D eigenvalue weighted by molar-refractivity contribution is 6.27. The summed E-state index contributed by atoms with van der Waals surface area (Å²) in [5.41, 5.74) is 8.97. The topological polar surface area (TPSA) is 13.1 Å². The molecule has 0 saturated heterocycles. The Balaban J connectivity index is 1.06. The van der Waals surface area contributed by atoms with Crippen LogP contribution in [0.5, 0.6) is 0 Å². The predicted octanol–water partition coefficient (Wildman–Crippen LogP) is 16.1. The number of fused-ring (bicyclic) bond motifs is 8. The zero-order valence-electron chi connectivity index (χ0n) is 30.9. The SMILES string of the molecule is c1ccc2cc3c(cc2c1)oc1cc(-c2ccc(-c4c5ccccc5cc5c4ccc4ccccc45)cc2)cc(-c2ccc4ccc5cccc6ccc2c4c56)c13. The summed E-state index contributed by atoms with van der Waals surface area (Å²) in [6.07, 6.45) is 0. The molecule has 0 saturated carbocycles. The van der Waals surface area contributed by atoms with Crippen molar-refractivity contribution in [1.29, 1.82) is 0 Å². The molecular weight excluding hydrogens is 689 g/mol. The molecule has 0 aliphatic rings. The van der Waals surface area contributed by atoms with Gasteiger partial charge in [-0.15, -0.1) is 0 Å². The zero-order valence-corrected chi connectivity index (χ0v) is 30.9. The van der Waals surface area contributed by atoms with Gasteiger partial charge >= 0.3 is 0 Å². The molecule has 0 atom stereocenters. The van der Waals surface area contributed by atoms with Gasteiger partial charge in [-0.2, -0.15) is 0 Å². The van der Waals surface area contributed by atoms with E-state index in [9.17, 15) is 0 Å². The minimum atomic E-state index is 0.898. The quantitative estimate of drug-likeness (QED) is 0.131. The average molecular weight is 721 g/mol. The van der Waals surface area contributed by atoms with Crippen LogP contribution in [0.15, 0.2) is 199 Å². The van der Waals surface area contributed by atoms with Crippen LogP contribution in [0.2, 0.25) is 0 Å². The van der Waals surface area contributed by atoms with E-state index in [1.807, 2.05) is 0 Å². The van der Waals surface area contributed by atoms with Gasteiger partial charge in [0.2, 0.25) is 0 Å². The third-order valence-electron chi connectivity index (χ3n) is 12.5. The van der Waals surface area contributed by atoms with Crippen molar-refractivity contribution in [1.82, 2.24) is 0 Å². The molecule has 13 rings (SSSR count). The van der Waals surface area contributed by atoms with E-state index in [1.54, 1.807) is 0 Å². The number of furan rings is 1. The van der Waals surface area contributed by atoms with Crippen LogP contribution < -0.4 is 0 Å².